The quantitative estimate of drug-likeness (QED) is 0.802. The zero-order valence-corrected chi connectivity index (χ0v) is 14.3. The summed E-state index contributed by atoms with van der Waals surface area (Å²) in [5.41, 5.74) is 0. The molecule has 2 aliphatic heterocycles. The van der Waals surface area contributed by atoms with Crippen molar-refractivity contribution in [3.8, 4) is 0 Å². The number of halogens is 1. The molecule has 0 aliphatic carbocycles. The predicted octanol–water partition coefficient (Wildman–Crippen LogP) is 2.99. The molecular formula is C15H19BrN2O2S. The Balaban J connectivity index is 1.55. The minimum Gasteiger partial charge on any atom is -0.342 e. The van der Waals surface area contributed by atoms with Gasteiger partial charge in [-0.05, 0) is 53.7 Å². The molecule has 0 radical (unpaired) electrons. The lowest BCUT2D eigenvalue weighted by Crippen LogP contribution is -2.43. The molecule has 2 aliphatic rings. The molecule has 1 aromatic heterocycles. The van der Waals surface area contributed by atoms with Crippen LogP contribution in [0.5, 0.6) is 0 Å². The molecule has 0 unspecified atom stereocenters. The molecule has 114 valence electrons. The molecule has 0 N–H and O–H groups in total. The second-order valence-corrected chi connectivity index (χ2v) is 8.17. The second-order valence-electron chi connectivity index (χ2n) is 5.70. The third-order valence-corrected chi connectivity index (χ3v) is 5.94. The van der Waals surface area contributed by atoms with Crippen molar-refractivity contribution in [3.05, 3.63) is 20.8 Å². The normalized spacial score (nSPS) is 20.0. The van der Waals surface area contributed by atoms with Crippen molar-refractivity contribution < 1.29 is 9.59 Å². The highest BCUT2D eigenvalue weighted by atomic mass is 79.9. The first-order valence-corrected chi connectivity index (χ1v) is 9.09. The summed E-state index contributed by atoms with van der Waals surface area (Å²) in [5.74, 6) is 0.512. The standard InChI is InChI=1S/C15H19BrN2O2S/c16-13-4-3-12(21-13)15(20)18-9-5-11(6-10-18)14(19)17-7-1-2-8-17/h3-4,11H,1-2,5-10H2. The molecule has 0 aromatic carbocycles. The Bertz CT molecular complexity index is 532. The van der Waals surface area contributed by atoms with Crippen LogP contribution in [-0.4, -0.2) is 47.8 Å². The van der Waals surface area contributed by atoms with Gasteiger partial charge >= 0.3 is 0 Å². The van der Waals surface area contributed by atoms with E-state index in [2.05, 4.69) is 15.9 Å². The van der Waals surface area contributed by atoms with Gasteiger partial charge in [0.05, 0.1) is 8.66 Å². The Morgan fingerprint density at radius 3 is 2.29 bits per heavy atom. The Labute approximate surface area is 137 Å². The highest BCUT2D eigenvalue weighted by molar-refractivity contribution is 9.11. The topological polar surface area (TPSA) is 40.6 Å². The maximum atomic E-state index is 12.4. The van der Waals surface area contributed by atoms with E-state index in [1.165, 1.54) is 11.3 Å². The summed E-state index contributed by atoms with van der Waals surface area (Å²) < 4.78 is 0.977. The van der Waals surface area contributed by atoms with Crippen LogP contribution in [0.3, 0.4) is 0 Å². The number of thiophene rings is 1. The van der Waals surface area contributed by atoms with Gasteiger partial charge in [0.2, 0.25) is 5.91 Å². The first-order chi connectivity index (χ1) is 10.1. The molecule has 3 heterocycles. The fourth-order valence-electron chi connectivity index (χ4n) is 3.11. The van der Waals surface area contributed by atoms with Crippen LogP contribution in [-0.2, 0) is 4.79 Å². The van der Waals surface area contributed by atoms with Crippen LogP contribution in [0.25, 0.3) is 0 Å². The summed E-state index contributed by atoms with van der Waals surface area (Å²) in [6.07, 6.45) is 3.87. The lowest BCUT2D eigenvalue weighted by molar-refractivity contribution is -0.135. The molecule has 0 spiro atoms. The summed E-state index contributed by atoms with van der Waals surface area (Å²) >= 11 is 4.86. The van der Waals surface area contributed by atoms with Crippen molar-refractivity contribution in [3.63, 3.8) is 0 Å². The van der Waals surface area contributed by atoms with E-state index >= 15 is 0 Å². The van der Waals surface area contributed by atoms with Crippen molar-refractivity contribution in [2.45, 2.75) is 25.7 Å². The molecule has 6 heteroatoms. The summed E-state index contributed by atoms with van der Waals surface area (Å²) in [5, 5.41) is 0. The molecule has 2 fully saturated rings. The van der Waals surface area contributed by atoms with Crippen LogP contribution in [0, 0.1) is 5.92 Å². The van der Waals surface area contributed by atoms with Crippen LogP contribution in [0.15, 0.2) is 15.9 Å². The lowest BCUT2D eigenvalue weighted by Gasteiger charge is -2.33. The number of nitrogens with zero attached hydrogens (tertiary/aromatic N) is 2. The van der Waals surface area contributed by atoms with Gasteiger partial charge in [0.15, 0.2) is 0 Å². The number of likely N-dealkylation sites (tertiary alicyclic amines) is 2. The molecule has 4 nitrogen and oxygen atoms in total. The summed E-state index contributed by atoms with van der Waals surface area (Å²) in [6.45, 7) is 3.22. The molecule has 3 rings (SSSR count). The highest BCUT2D eigenvalue weighted by Gasteiger charge is 2.31. The SMILES string of the molecule is O=C(c1ccc(Br)s1)N1CCC(C(=O)N2CCCC2)CC1. The first kappa shape index (κ1) is 15.0. The molecule has 0 bridgehead atoms. The van der Waals surface area contributed by atoms with E-state index in [1.54, 1.807) is 0 Å². The van der Waals surface area contributed by atoms with Crippen LogP contribution in [0.2, 0.25) is 0 Å². The van der Waals surface area contributed by atoms with Gasteiger partial charge in [0.1, 0.15) is 0 Å². The van der Waals surface area contributed by atoms with Gasteiger partial charge in [0.25, 0.3) is 5.91 Å². The van der Waals surface area contributed by atoms with Crippen molar-refractivity contribution in [1.82, 2.24) is 9.80 Å². The Morgan fingerprint density at radius 2 is 1.71 bits per heavy atom. The summed E-state index contributed by atoms with van der Waals surface area (Å²) in [6, 6.07) is 3.76. The van der Waals surface area contributed by atoms with Crippen molar-refractivity contribution >= 4 is 39.1 Å². The van der Waals surface area contributed by atoms with Gasteiger partial charge in [0, 0.05) is 32.1 Å². The molecule has 0 atom stereocenters. The number of rotatable bonds is 2. The zero-order valence-electron chi connectivity index (χ0n) is 11.9. The van der Waals surface area contributed by atoms with E-state index in [-0.39, 0.29) is 11.8 Å². The van der Waals surface area contributed by atoms with Crippen LogP contribution in [0.4, 0.5) is 0 Å². The average Bonchev–Trinajstić information content (AvgIpc) is 3.17. The number of hydrogen-bond donors (Lipinski definition) is 0. The maximum absolute atomic E-state index is 12.4. The molecule has 2 saturated heterocycles. The van der Waals surface area contributed by atoms with Gasteiger partial charge in [-0.2, -0.15) is 0 Å². The number of carbonyl (C=O) groups excluding carboxylic acids is 2. The average molecular weight is 371 g/mol. The first-order valence-electron chi connectivity index (χ1n) is 7.48. The number of carbonyl (C=O) groups is 2. The fourth-order valence-corrected chi connectivity index (χ4v) is 4.46. The highest BCUT2D eigenvalue weighted by Crippen LogP contribution is 2.26. The monoisotopic (exact) mass is 370 g/mol. The molecular weight excluding hydrogens is 352 g/mol. The fraction of sp³-hybridized carbons (Fsp3) is 0.600. The maximum Gasteiger partial charge on any atom is 0.263 e. The van der Waals surface area contributed by atoms with E-state index < -0.39 is 0 Å². The smallest absolute Gasteiger partial charge is 0.263 e. The van der Waals surface area contributed by atoms with Crippen LogP contribution < -0.4 is 0 Å². The largest absolute Gasteiger partial charge is 0.342 e. The summed E-state index contributed by atoms with van der Waals surface area (Å²) in [7, 11) is 0. The van der Waals surface area contributed by atoms with Gasteiger partial charge in [-0.1, -0.05) is 0 Å². The van der Waals surface area contributed by atoms with Gasteiger partial charge in [-0.25, -0.2) is 0 Å². The minimum atomic E-state index is 0.0952. The van der Waals surface area contributed by atoms with E-state index in [1.807, 2.05) is 21.9 Å². The predicted molar refractivity (Wildman–Crippen MR) is 86.5 cm³/mol. The molecule has 1 aromatic rings. The van der Waals surface area contributed by atoms with Crippen LogP contribution >= 0.6 is 27.3 Å². The third kappa shape index (κ3) is 3.31. The Morgan fingerprint density at radius 1 is 1.05 bits per heavy atom. The second kappa shape index (κ2) is 6.48. The third-order valence-electron chi connectivity index (χ3n) is 4.33. The minimum absolute atomic E-state index is 0.0952. The Hall–Kier alpha value is -0.880. The van der Waals surface area contributed by atoms with E-state index in [0.29, 0.717) is 19.0 Å². The van der Waals surface area contributed by atoms with Crippen LogP contribution in [0.1, 0.15) is 35.4 Å². The Kier molecular flexibility index (Phi) is 4.64. The van der Waals surface area contributed by atoms with Gasteiger partial charge in [-0.3, -0.25) is 9.59 Å². The number of piperidine rings is 1. The molecule has 0 saturated carbocycles. The van der Waals surface area contributed by atoms with Gasteiger partial charge in [-0.15, -0.1) is 11.3 Å². The number of amides is 2. The van der Waals surface area contributed by atoms with E-state index in [4.69, 9.17) is 0 Å². The van der Waals surface area contributed by atoms with Crippen molar-refractivity contribution in [1.29, 1.82) is 0 Å². The van der Waals surface area contributed by atoms with Crippen molar-refractivity contribution in [2.75, 3.05) is 26.2 Å². The lowest BCUT2D eigenvalue weighted by atomic mass is 9.95. The molecule has 21 heavy (non-hydrogen) atoms. The molecule has 2 amide bonds. The van der Waals surface area contributed by atoms with E-state index in [0.717, 1.165) is 47.4 Å². The summed E-state index contributed by atoms with van der Waals surface area (Å²) in [4.78, 5) is 29.4. The number of hydrogen-bond acceptors (Lipinski definition) is 3. The van der Waals surface area contributed by atoms with E-state index in [9.17, 15) is 9.59 Å². The zero-order chi connectivity index (χ0) is 14.8. The van der Waals surface area contributed by atoms with Gasteiger partial charge < -0.3 is 9.80 Å². The van der Waals surface area contributed by atoms with Crippen molar-refractivity contribution in [2.24, 2.45) is 5.92 Å².